The highest BCUT2D eigenvalue weighted by atomic mass is 28.3. The molecule has 2 heteroatoms. The summed E-state index contributed by atoms with van der Waals surface area (Å²) in [5, 5.41) is 1.43. The van der Waals surface area contributed by atoms with Gasteiger partial charge < -0.3 is 0 Å². The molecule has 0 unspecified atom stereocenters. The zero-order chi connectivity index (χ0) is 15.5. The van der Waals surface area contributed by atoms with Crippen LogP contribution in [-0.2, 0) is 0 Å². The third kappa shape index (κ3) is 3.33. The lowest BCUT2D eigenvalue weighted by molar-refractivity contribution is 0.0969. The van der Waals surface area contributed by atoms with E-state index in [1.54, 1.807) is 0 Å². The van der Waals surface area contributed by atoms with Gasteiger partial charge in [-0.15, -0.1) is 0 Å². The summed E-state index contributed by atoms with van der Waals surface area (Å²) in [7, 11) is -1.72. The topological polar surface area (TPSA) is 17.1 Å². The van der Waals surface area contributed by atoms with E-state index in [0.717, 1.165) is 5.56 Å². The highest BCUT2D eigenvalue weighted by Crippen LogP contribution is 2.41. The largest absolute Gasteiger partial charge is 0.294 e. The Morgan fingerprint density at radius 2 is 1.38 bits per heavy atom. The van der Waals surface area contributed by atoms with Gasteiger partial charge in [0.1, 0.15) is 0 Å². The van der Waals surface area contributed by atoms with Crippen molar-refractivity contribution in [1.82, 2.24) is 0 Å². The molecule has 0 heterocycles. The minimum Gasteiger partial charge on any atom is -0.294 e. The van der Waals surface area contributed by atoms with Crippen LogP contribution >= 0.6 is 0 Å². The van der Waals surface area contributed by atoms with Gasteiger partial charge in [0, 0.05) is 12.0 Å². The molecule has 0 atom stereocenters. The summed E-state index contributed by atoms with van der Waals surface area (Å²) in [4.78, 5) is 12.6. The van der Waals surface area contributed by atoms with Gasteiger partial charge in [-0.3, -0.25) is 4.79 Å². The van der Waals surface area contributed by atoms with Crippen LogP contribution in [0.1, 0.15) is 30.6 Å². The predicted molar refractivity (Wildman–Crippen MR) is 93.0 cm³/mol. The Morgan fingerprint density at radius 3 is 1.90 bits per heavy atom. The van der Waals surface area contributed by atoms with Gasteiger partial charge in [0.25, 0.3) is 0 Å². The van der Waals surface area contributed by atoms with E-state index in [1.165, 1.54) is 5.19 Å². The molecular formula is C19H24OSi. The standard InChI is InChI=1S/C19H24OSi/c1-19(2,15-18(20)16-11-7-5-8-12-16)21(3,4)17-13-9-6-10-14-17/h5-14H,15H2,1-4H3. The molecule has 2 rings (SSSR count). The third-order valence-electron chi connectivity index (χ3n) is 4.89. The number of rotatable bonds is 5. The highest BCUT2D eigenvalue weighted by Gasteiger charge is 2.41. The number of benzene rings is 2. The van der Waals surface area contributed by atoms with Gasteiger partial charge >= 0.3 is 0 Å². The van der Waals surface area contributed by atoms with Crippen LogP contribution in [0.3, 0.4) is 0 Å². The maximum Gasteiger partial charge on any atom is 0.163 e. The average Bonchev–Trinajstić information content (AvgIpc) is 2.48. The van der Waals surface area contributed by atoms with E-state index in [4.69, 9.17) is 0 Å². The number of Topliss-reactive ketones (excluding diaryl/α,β-unsaturated/α-hetero) is 1. The normalized spacial score (nSPS) is 12.2. The first-order chi connectivity index (χ1) is 9.84. The Morgan fingerprint density at radius 1 is 0.905 bits per heavy atom. The fourth-order valence-electron chi connectivity index (χ4n) is 2.59. The summed E-state index contributed by atoms with van der Waals surface area (Å²) in [6.07, 6.45) is 0.602. The van der Waals surface area contributed by atoms with Crippen LogP contribution in [0.2, 0.25) is 18.1 Å². The molecule has 0 aliphatic heterocycles. The van der Waals surface area contributed by atoms with Crippen molar-refractivity contribution in [3.63, 3.8) is 0 Å². The molecule has 0 bridgehead atoms. The average molecular weight is 296 g/mol. The quantitative estimate of drug-likeness (QED) is 0.579. The van der Waals surface area contributed by atoms with Crippen molar-refractivity contribution < 1.29 is 4.79 Å². The predicted octanol–water partition coefficient (Wildman–Crippen LogP) is 4.66. The molecule has 1 nitrogen and oxygen atoms in total. The van der Waals surface area contributed by atoms with E-state index in [-0.39, 0.29) is 10.8 Å². The van der Waals surface area contributed by atoms with Crippen molar-refractivity contribution >= 4 is 19.0 Å². The summed E-state index contributed by atoms with van der Waals surface area (Å²) in [6.45, 7) is 9.21. The minimum absolute atomic E-state index is 0.0152. The summed E-state index contributed by atoms with van der Waals surface area (Å²) in [5.41, 5.74) is 0.823. The number of carbonyl (C=O) groups excluding carboxylic acids is 1. The summed E-state index contributed by atoms with van der Waals surface area (Å²) in [5.74, 6) is 0.247. The number of hydrogen-bond acceptors (Lipinski definition) is 1. The molecule has 110 valence electrons. The molecule has 0 amide bonds. The lowest BCUT2D eigenvalue weighted by Gasteiger charge is -2.40. The molecule has 2 aromatic carbocycles. The SMILES string of the molecule is CC(C)(CC(=O)c1ccccc1)[Si](C)(C)c1ccccc1. The van der Waals surface area contributed by atoms with Gasteiger partial charge in [-0.1, -0.05) is 92.8 Å². The van der Waals surface area contributed by atoms with Crippen LogP contribution in [0.5, 0.6) is 0 Å². The summed E-state index contributed by atoms with van der Waals surface area (Å²) < 4.78 is 0. The van der Waals surface area contributed by atoms with Crippen LogP contribution in [0.25, 0.3) is 0 Å². The van der Waals surface area contributed by atoms with E-state index >= 15 is 0 Å². The molecule has 0 saturated carbocycles. The molecule has 0 spiro atoms. The lowest BCUT2D eigenvalue weighted by Crippen LogP contribution is -2.51. The molecule has 0 aromatic heterocycles. The van der Waals surface area contributed by atoms with Crippen molar-refractivity contribution in [3.8, 4) is 0 Å². The van der Waals surface area contributed by atoms with Gasteiger partial charge in [0.05, 0.1) is 8.07 Å². The van der Waals surface area contributed by atoms with E-state index in [0.29, 0.717) is 6.42 Å². The van der Waals surface area contributed by atoms with E-state index in [9.17, 15) is 4.79 Å². The second-order valence-corrected chi connectivity index (χ2v) is 12.0. The maximum atomic E-state index is 12.6. The Balaban J connectivity index is 2.24. The van der Waals surface area contributed by atoms with Crippen molar-refractivity contribution in [2.75, 3.05) is 0 Å². The Labute approximate surface area is 129 Å². The first kappa shape index (κ1) is 15.7. The maximum absolute atomic E-state index is 12.6. The molecule has 0 fully saturated rings. The van der Waals surface area contributed by atoms with Crippen LogP contribution < -0.4 is 5.19 Å². The smallest absolute Gasteiger partial charge is 0.163 e. The zero-order valence-electron chi connectivity index (χ0n) is 13.4. The zero-order valence-corrected chi connectivity index (χ0v) is 14.4. The number of carbonyl (C=O) groups is 1. The highest BCUT2D eigenvalue weighted by molar-refractivity contribution is 6.92. The molecule has 0 saturated heterocycles. The molecule has 0 aliphatic rings. The van der Waals surface area contributed by atoms with Crippen LogP contribution in [0.4, 0.5) is 0 Å². The Kier molecular flexibility index (Phi) is 4.48. The van der Waals surface area contributed by atoms with Gasteiger partial charge in [-0.25, -0.2) is 0 Å². The van der Waals surface area contributed by atoms with E-state index < -0.39 is 8.07 Å². The molecule has 0 radical (unpaired) electrons. The molecule has 2 aromatic rings. The van der Waals surface area contributed by atoms with Crippen molar-refractivity contribution in [2.24, 2.45) is 0 Å². The van der Waals surface area contributed by atoms with Crippen LogP contribution in [0.15, 0.2) is 60.7 Å². The van der Waals surface area contributed by atoms with Gasteiger partial charge in [0.2, 0.25) is 0 Å². The Hall–Kier alpha value is -1.67. The minimum atomic E-state index is -1.72. The van der Waals surface area contributed by atoms with Gasteiger partial charge in [0.15, 0.2) is 5.78 Å². The third-order valence-corrected chi connectivity index (χ3v) is 10.2. The fourth-order valence-corrected chi connectivity index (χ4v) is 5.00. The van der Waals surface area contributed by atoms with Gasteiger partial charge in [-0.05, 0) is 5.04 Å². The summed E-state index contributed by atoms with van der Waals surface area (Å²) >= 11 is 0. The fraction of sp³-hybridized carbons (Fsp3) is 0.316. The molecular weight excluding hydrogens is 272 g/mol. The van der Waals surface area contributed by atoms with Crippen LogP contribution in [-0.4, -0.2) is 13.9 Å². The van der Waals surface area contributed by atoms with Crippen molar-refractivity contribution in [1.29, 1.82) is 0 Å². The van der Waals surface area contributed by atoms with E-state index in [2.05, 4.69) is 57.3 Å². The lowest BCUT2D eigenvalue weighted by atomic mass is 10.0. The molecule has 0 N–H and O–H groups in total. The molecule has 0 aliphatic carbocycles. The number of hydrogen-bond donors (Lipinski definition) is 0. The molecule has 21 heavy (non-hydrogen) atoms. The summed E-state index contributed by atoms with van der Waals surface area (Å²) in [6, 6.07) is 20.3. The van der Waals surface area contributed by atoms with E-state index in [1.807, 2.05) is 30.3 Å². The van der Waals surface area contributed by atoms with Crippen molar-refractivity contribution in [2.45, 2.75) is 38.4 Å². The first-order valence-corrected chi connectivity index (χ1v) is 10.5. The van der Waals surface area contributed by atoms with Crippen molar-refractivity contribution in [3.05, 3.63) is 66.2 Å². The second-order valence-electron chi connectivity index (χ2n) is 6.84. The first-order valence-electron chi connectivity index (χ1n) is 7.48. The van der Waals surface area contributed by atoms with Crippen LogP contribution in [0, 0.1) is 0 Å². The second kappa shape index (κ2) is 5.98. The number of ketones is 1. The monoisotopic (exact) mass is 296 g/mol. The van der Waals surface area contributed by atoms with Gasteiger partial charge in [-0.2, -0.15) is 0 Å². The Bertz CT molecular complexity index is 600.